The first kappa shape index (κ1) is 23.8. The second-order valence-corrected chi connectivity index (χ2v) is 12.6. The van der Waals surface area contributed by atoms with E-state index in [-0.39, 0.29) is 22.9 Å². The summed E-state index contributed by atoms with van der Waals surface area (Å²) < 4.78 is 24.2. The minimum atomic E-state index is -1.69. The molecule has 2 spiro atoms. The molecule has 8 atom stereocenters. The predicted molar refractivity (Wildman–Crippen MR) is 140 cm³/mol. The molecule has 7 heteroatoms. The van der Waals surface area contributed by atoms with Gasteiger partial charge >= 0.3 is 0 Å². The van der Waals surface area contributed by atoms with Gasteiger partial charge in [0, 0.05) is 23.5 Å². The number of fused-ring (bicyclic) bond motifs is 2. The van der Waals surface area contributed by atoms with E-state index in [1.54, 1.807) is 12.3 Å². The Morgan fingerprint density at radius 1 is 1.14 bits per heavy atom. The van der Waals surface area contributed by atoms with E-state index in [1.807, 2.05) is 37.2 Å². The Kier molecular flexibility index (Phi) is 4.76. The average Bonchev–Trinajstić information content (AvgIpc) is 3.40. The summed E-state index contributed by atoms with van der Waals surface area (Å²) in [6.07, 6.45) is 6.88. The van der Waals surface area contributed by atoms with Gasteiger partial charge in [-0.25, -0.2) is 4.39 Å². The molecule has 7 rings (SSSR count). The van der Waals surface area contributed by atoms with Gasteiger partial charge in [0.25, 0.3) is 5.56 Å². The van der Waals surface area contributed by atoms with Crippen LogP contribution in [0, 0.1) is 11.3 Å². The molecule has 1 saturated heterocycles. The highest BCUT2D eigenvalue weighted by Crippen LogP contribution is 2.71. The van der Waals surface area contributed by atoms with Gasteiger partial charge in [-0.2, -0.15) is 0 Å². The number of halogens is 1. The zero-order valence-corrected chi connectivity index (χ0v) is 21.6. The summed E-state index contributed by atoms with van der Waals surface area (Å²) in [7, 11) is 3.80. The summed E-state index contributed by atoms with van der Waals surface area (Å²) in [6, 6.07) is 7.67. The summed E-state index contributed by atoms with van der Waals surface area (Å²) in [5.41, 5.74) is -1.10. The van der Waals surface area contributed by atoms with Crippen LogP contribution in [0.1, 0.15) is 51.0 Å². The summed E-state index contributed by atoms with van der Waals surface area (Å²) in [4.78, 5) is 17.2. The van der Waals surface area contributed by atoms with Crippen molar-refractivity contribution in [2.75, 3.05) is 14.1 Å². The third-order valence-corrected chi connectivity index (χ3v) is 10.7. The third kappa shape index (κ3) is 2.86. The van der Waals surface area contributed by atoms with Crippen molar-refractivity contribution >= 4 is 16.3 Å². The van der Waals surface area contributed by atoms with E-state index in [9.17, 15) is 15.0 Å². The Morgan fingerprint density at radius 3 is 2.73 bits per heavy atom. The second kappa shape index (κ2) is 7.41. The van der Waals surface area contributed by atoms with Crippen LogP contribution in [0.3, 0.4) is 0 Å². The van der Waals surface area contributed by atoms with Crippen molar-refractivity contribution in [2.45, 2.75) is 80.6 Å². The fourth-order valence-electron chi connectivity index (χ4n) is 8.78. The SMILES string of the molecule is CN(C)[C@H]1C[C@@]23CC[C@]4(O2)C2CC=C(c5ccc6cc[nH]c(=O)c6c5)[C@@]2(C)CCC4(F)C=C3[C@@H](O)[C@@H]1O. The van der Waals surface area contributed by atoms with Crippen molar-refractivity contribution in [3.63, 3.8) is 0 Å². The number of nitrogens with zero attached hydrogens (tertiary/aromatic N) is 1. The van der Waals surface area contributed by atoms with Crippen LogP contribution >= 0.6 is 0 Å². The zero-order chi connectivity index (χ0) is 26.0. The largest absolute Gasteiger partial charge is 0.388 e. The van der Waals surface area contributed by atoms with E-state index in [1.165, 1.54) is 5.57 Å². The molecule has 2 aromatic rings. The van der Waals surface area contributed by atoms with Gasteiger partial charge in [-0.3, -0.25) is 4.79 Å². The molecule has 2 saturated carbocycles. The highest BCUT2D eigenvalue weighted by molar-refractivity contribution is 5.87. The number of aliphatic hydroxyl groups is 2. The van der Waals surface area contributed by atoms with Crippen molar-refractivity contribution in [3.05, 3.63) is 64.1 Å². The van der Waals surface area contributed by atoms with Crippen LogP contribution < -0.4 is 5.56 Å². The van der Waals surface area contributed by atoms with Gasteiger partial charge in [0.2, 0.25) is 0 Å². The molecule has 1 aromatic heterocycles. The molecule has 196 valence electrons. The Balaban J connectivity index is 1.31. The molecular formula is C30H35FN2O4. The number of likely N-dealkylation sites (N-methyl/N-ethyl adjacent to an activating group) is 1. The lowest BCUT2D eigenvalue weighted by Crippen LogP contribution is -2.68. The maximum atomic E-state index is 17.1. The number of aromatic amines is 1. The summed E-state index contributed by atoms with van der Waals surface area (Å²) >= 11 is 0. The molecule has 2 aliphatic heterocycles. The molecule has 1 aromatic carbocycles. The molecule has 6 nitrogen and oxygen atoms in total. The molecular weight excluding hydrogens is 471 g/mol. The highest BCUT2D eigenvalue weighted by atomic mass is 19.1. The van der Waals surface area contributed by atoms with Crippen LogP contribution in [-0.4, -0.2) is 69.3 Å². The van der Waals surface area contributed by atoms with Crippen LogP contribution in [-0.2, 0) is 4.74 Å². The number of alkyl halides is 1. The fourth-order valence-corrected chi connectivity index (χ4v) is 8.78. The van der Waals surface area contributed by atoms with E-state index >= 15 is 4.39 Å². The van der Waals surface area contributed by atoms with Gasteiger partial charge in [-0.15, -0.1) is 0 Å². The maximum Gasteiger partial charge on any atom is 0.255 e. The number of ether oxygens (including phenoxy) is 1. The minimum absolute atomic E-state index is 0.0579. The topological polar surface area (TPSA) is 85.8 Å². The lowest BCUT2D eigenvalue weighted by Gasteiger charge is -2.60. The number of nitrogens with one attached hydrogen (secondary N) is 1. The Morgan fingerprint density at radius 2 is 1.95 bits per heavy atom. The molecule has 3 heterocycles. The van der Waals surface area contributed by atoms with Gasteiger partial charge in [0.1, 0.15) is 11.7 Å². The number of pyridine rings is 1. The van der Waals surface area contributed by atoms with Crippen LogP contribution in [0.5, 0.6) is 0 Å². The number of H-pyrrole nitrogens is 1. The van der Waals surface area contributed by atoms with Crippen LogP contribution in [0.2, 0.25) is 0 Å². The first-order valence-corrected chi connectivity index (χ1v) is 13.5. The molecule has 2 bridgehead atoms. The number of rotatable bonds is 2. The number of benzene rings is 1. The van der Waals surface area contributed by atoms with Crippen molar-refractivity contribution < 1.29 is 19.3 Å². The van der Waals surface area contributed by atoms with Gasteiger partial charge < -0.3 is 24.8 Å². The van der Waals surface area contributed by atoms with Gasteiger partial charge in [-0.05, 0) is 98.3 Å². The Labute approximate surface area is 215 Å². The molecule has 3 fully saturated rings. The monoisotopic (exact) mass is 506 g/mol. The predicted octanol–water partition coefficient (Wildman–Crippen LogP) is 3.72. The molecule has 2 unspecified atom stereocenters. The maximum absolute atomic E-state index is 17.1. The van der Waals surface area contributed by atoms with Crippen LogP contribution in [0.15, 0.2) is 53.0 Å². The summed E-state index contributed by atoms with van der Waals surface area (Å²) in [5.74, 6) is -0.0579. The Bertz CT molecular complexity index is 1430. The van der Waals surface area contributed by atoms with E-state index in [4.69, 9.17) is 4.74 Å². The summed E-state index contributed by atoms with van der Waals surface area (Å²) in [6.45, 7) is 2.24. The third-order valence-electron chi connectivity index (χ3n) is 10.7. The zero-order valence-electron chi connectivity index (χ0n) is 21.6. The molecule has 3 aliphatic carbocycles. The van der Waals surface area contributed by atoms with Gasteiger partial charge in [0.05, 0.1) is 11.7 Å². The fraction of sp³-hybridized carbons (Fsp3) is 0.567. The Hall–Kier alpha value is -2.32. The van der Waals surface area contributed by atoms with Gasteiger partial charge in [-0.1, -0.05) is 25.1 Å². The van der Waals surface area contributed by atoms with E-state index < -0.39 is 29.1 Å². The van der Waals surface area contributed by atoms with Crippen LogP contribution in [0.25, 0.3) is 16.3 Å². The highest BCUT2D eigenvalue weighted by Gasteiger charge is 2.74. The van der Waals surface area contributed by atoms with Gasteiger partial charge in [0.15, 0.2) is 5.67 Å². The van der Waals surface area contributed by atoms with E-state index in [0.29, 0.717) is 49.5 Å². The van der Waals surface area contributed by atoms with Crippen molar-refractivity contribution in [2.24, 2.45) is 11.3 Å². The standard InChI is InChI=1S/C30H35FN2O4/c1-27-9-11-29(31)15-21-24(34)25(35)22(33(2)3)16-28(21)10-12-30(29,37-28)23(27)7-6-20(27)18-5-4-17-8-13-32-26(36)19(17)14-18/h4-6,8,13-15,22-25,34-35H,7,9-12,16H2,1-3H3,(H,32,36)/t22-,23?,24+,25+,27+,28+,29?,30-/m0/s1. The number of aliphatic hydroxyl groups excluding tert-OH is 2. The average molecular weight is 507 g/mol. The minimum Gasteiger partial charge on any atom is -0.388 e. The van der Waals surface area contributed by atoms with Crippen molar-refractivity contribution in [1.82, 2.24) is 9.88 Å². The van der Waals surface area contributed by atoms with Crippen LogP contribution in [0.4, 0.5) is 4.39 Å². The smallest absolute Gasteiger partial charge is 0.255 e. The number of allylic oxidation sites excluding steroid dienone is 2. The quantitative estimate of drug-likeness (QED) is 0.541. The molecule has 0 amide bonds. The number of hydrogen-bond donors (Lipinski definition) is 3. The molecule has 5 aliphatic rings. The van der Waals surface area contributed by atoms with E-state index in [0.717, 1.165) is 10.9 Å². The lowest BCUT2D eigenvalue weighted by atomic mass is 9.53. The van der Waals surface area contributed by atoms with Crippen molar-refractivity contribution in [3.8, 4) is 0 Å². The number of hydrogen-bond acceptors (Lipinski definition) is 5. The lowest BCUT2D eigenvalue weighted by molar-refractivity contribution is -0.239. The number of aromatic nitrogens is 1. The first-order valence-electron chi connectivity index (χ1n) is 13.5. The van der Waals surface area contributed by atoms with E-state index in [2.05, 4.69) is 24.1 Å². The molecule has 3 N–H and O–H groups in total. The molecule has 37 heavy (non-hydrogen) atoms. The van der Waals surface area contributed by atoms with Crippen molar-refractivity contribution in [1.29, 1.82) is 0 Å². The second-order valence-electron chi connectivity index (χ2n) is 12.6. The normalized spacial score (nSPS) is 44.3. The summed E-state index contributed by atoms with van der Waals surface area (Å²) in [5, 5.41) is 23.5. The molecule has 0 radical (unpaired) electrons. The first-order chi connectivity index (χ1) is 17.5.